The van der Waals surface area contributed by atoms with Gasteiger partial charge >= 0.3 is 5.97 Å². The van der Waals surface area contributed by atoms with Crippen molar-refractivity contribution in [2.24, 2.45) is 0 Å². The summed E-state index contributed by atoms with van der Waals surface area (Å²) in [6.45, 7) is 0. The van der Waals surface area contributed by atoms with Gasteiger partial charge in [0.05, 0.1) is 7.11 Å². The Labute approximate surface area is 94.3 Å². The average molecular weight is 222 g/mol. The summed E-state index contributed by atoms with van der Waals surface area (Å²) in [6.07, 6.45) is 3.28. The summed E-state index contributed by atoms with van der Waals surface area (Å²) in [7, 11) is 1.38. The Hall–Kier alpha value is -1.22. The molecule has 0 heterocycles. The van der Waals surface area contributed by atoms with Crippen molar-refractivity contribution in [3.05, 3.63) is 48.0 Å². The second-order valence-electron chi connectivity index (χ2n) is 2.93. The Morgan fingerprint density at radius 3 is 2.80 bits per heavy atom. The summed E-state index contributed by atoms with van der Waals surface area (Å²) in [4.78, 5) is 10.7. The molecule has 0 radical (unpaired) electrons. The maximum Gasteiger partial charge on any atom is 0.330 e. The van der Waals surface area contributed by atoms with Crippen molar-refractivity contribution in [1.82, 2.24) is 0 Å². The molecule has 0 amide bonds. The number of benzene rings is 1. The summed E-state index contributed by atoms with van der Waals surface area (Å²) >= 11 is 1.76. The van der Waals surface area contributed by atoms with Gasteiger partial charge in [-0.1, -0.05) is 36.4 Å². The van der Waals surface area contributed by atoms with Gasteiger partial charge in [0.15, 0.2) is 0 Å². The van der Waals surface area contributed by atoms with E-state index in [4.69, 9.17) is 0 Å². The highest BCUT2D eigenvalue weighted by atomic mass is 32.2. The summed E-state index contributed by atoms with van der Waals surface area (Å²) in [5.41, 5.74) is 1.30. The van der Waals surface area contributed by atoms with Crippen LogP contribution in [0.2, 0.25) is 0 Å². The molecular weight excluding hydrogens is 208 g/mol. The molecule has 0 aliphatic carbocycles. The fraction of sp³-hybridized carbons (Fsp3) is 0.250. The van der Waals surface area contributed by atoms with Crippen LogP contribution in [0.3, 0.4) is 0 Å². The maximum absolute atomic E-state index is 10.7. The number of thioether (sulfide) groups is 1. The van der Waals surface area contributed by atoms with Crippen LogP contribution in [-0.4, -0.2) is 18.8 Å². The van der Waals surface area contributed by atoms with Crippen molar-refractivity contribution in [3.63, 3.8) is 0 Å². The topological polar surface area (TPSA) is 26.3 Å². The van der Waals surface area contributed by atoms with Gasteiger partial charge in [-0.2, -0.15) is 11.8 Å². The van der Waals surface area contributed by atoms with Gasteiger partial charge < -0.3 is 4.74 Å². The number of methoxy groups -OCH3 is 1. The van der Waals surface area contributed by atoms with Crippen LogP contribution in [0.15, 0.2) is 42.5 Å². The molecule has 0 bridgehead atoms. The number of hydrogen-bond acceptors (Lipinski definition) is 3. The van der Waals surface area contributed by atoms with Crippen LogP contribution in [0, 0.1) is 0 Å². The van der Waals surface area contributed by atoms with Crippen LogP contribution in [0.4, 0.5) is 0 Å². The SMILES string of the molecule is COC(=O)/C=C/CSCc1ccccc1. The number of carbonyl (C=O) groups is 1. The highest BCUT2D eigenvalue weighted by molar-refractivity contribution is 7.98. The Morgan fingerprint density at radius 2 is 2.13 bits per heavy atom. The lowest BCUT2D eigenvalue weighted by molar-refractivity contribution is -0.134. The van der Waals surface area contributed by atoms with Crippen LogP contribution < -0.4 is 0 Å². The fourth-order valence-corrected chi connectivity index (χ4v) is 1.81. The van der Waals surface area contributed by atoms with E-state index in [9.17, 15) is 4.79 Å². The van der Waals surface area contributed by atoms with E-state index in [-0.39, 0.29) is 5.97 Å². The van der Waals surface area contributed by atoms with Gasteiger partial charge in [-0.05, 0) is 5.56 Å². The molecule has 0 saturated carbocycles. The van der Waals surface area contributed by atoms with E-state index < -0.39 is 0 Å². The zero-order valence-corrected chi connectivity index (χ0v) is 9.50. The molecule has 1 aromatic rings. The minimum atomic E-state index is -0.296. The highest BCUT2D eigenvalue weighted by Gasteiger charge is 1.92. The lowest BCUT2D eigenvalue weighted by atomic mass is 10.2. The fourth-order valence-electron chi connectivity index (χ4n) is 1.03. The van der Waals surface area contributed by atoms with E-state index >= 15 is 0 Å². The summed E-state index contributed by atoms with van der Waals surface area (Å²) in [5.74, 6) is 1.49. The van der Waals surface area contributed by atoms with E-state index in [0.717, 1.165) is 11.5 Å². The van der Waals surface area contributed by atoms with E-state index in [1.54, 1.807) is 11.8 Å². The molecule has 1 aromatic carbocycles. The molecule has 0 aliphatic rings. The standard InChI is InChI=1S/C12H14O2S/c1-14-12(13)8-5-9-15-10-11-6-3-2-4-7-11/h2-8H,9-10H2,1H3/b8-5+. The van der Waals surface area contributed by atoms with Crippen molar-refractivity contribution >= 4 is 17.7 Å². The molecule has 0 aromatic heterocycles. The van der Waals surface area contributed by atoms with Crippen LogP contribution in [0.1, 0.15) is 5.56 Å². The smallest absolute Gasteiger partial charge is 0.330 e. The van der Waals surface area contributed by atoms with E-state index in [1.165, 1.54) is 18.7 Å². The van der Waals surface area contributed by atoms with Crippen LogP contribution in [0.5, 0.6) is 0 Å². The van der Waals surface area contributed by atoms with Crippen LogP contribution >= 0.6 is 11.8 Å². The van der Waals surface area contributed by atoms with Gasteiger partial charge in [0.25, 0.3) is 0 Å². The predicted molar refractivity (Wildman–Crippen MR) is 63.8 cm³/mol. The van der Waals surface area contributed by atoms with Gasteiger partial charge in [-0.3, -0.25) is 0 Å². The van der Waals surface area contributed by atoms with Crippen molar-refractivity contribution in [3.8, 4) is 0 Å². The number of ether oxygens (including phenoxy) is 1. The molecule has 2 nitrogen and oxygen atoms in total. The van der Waals surface area contributed by atoms with Gasteiger partial charge in [0.2, 0.25) is 0 Å². The normalized spacial score (nSPS) is 10.5. The minimum absolute atomic E-state index is 0.296. The molecule has 0 fully saturated rings. The molecule has 0 N–H and O–H groups in total. The lowest BCUT2D eigenvalue weighted by Gasteiger charge is -1.97. The van der Waals surface area contributed by atoms with Crippen molar-refractivity contribution < 1.29 is 9.53 Å². The largest absolute Gasteiger partial charge is 0.466 e. The van der Waals surface area contributed by atoms with Crippen molar-refractivity contribution in [2.45, 2.75) is 5.75 Å². The van der Waals surface area contributed by atoms with E-state index in [0.29, 0.717) is 0 Å². The first-order chi connectivity index (χ1) is 7.33. The lowest BCUT2D eigenvalue weighted by Crippen LogP contribution is -1.93. The van der Waals surface area contributed by atoms with Gasteiger partial charge in [-0.25, -0.2) is 4.79 Å². The number of carbonyl (C=O) groups excluding carboxylic acids is 1. The van der Waals surface area contributed by atoms with Gasteiger partial charge in [0, 0.05) is 17.6 Å². The molecule has 0 aliphatic heterocycles. The molecule has 0 saturated heterocycles. The Morgan fingerprint density at radius 1 is 1.40 bits per heavy atom. The first kappa shape index (κ1) is 11.9. The first-order valence-corrected chi connectivity index (χ1v) is 5.84. The van der Waals surface area contributed by atoms with E-state index in [2.05, 4.69) is 16.9 Å². The molecule has 3 heteroatoms. The molecule has 0 atom stereocenters. The third kappa shape index (κ3) is 5.27. The minimum Gasteiger partial charge on any atom is -0.466 e. The summed E-state index contributed by atoms with van der Waals surface area (Å²) in [5, 5.41) is 0. The third-order valence-electron chi connectivity index (χ3n) is 1.78. The predicted octanol–water partition coefficient (Wildman–Crippen LogP) is 2.65. The maximum atomic E-state index is 10.7. The number of rotatable bonds is 5. The summed E-state index contributed by atoms with van der Waals surface area (Å²) in [6, 6.07) is 10.2. The number of hydrogen-bond donors (Lipinski definition) is 0. The average Bonchev–Trinajstić information content (AvgIpc) is 2.29. The second-order valence-corrected chi connectivity index (χ2v) is 3.96. The summed E-state index contributed by atoms with van der Waals surface area (Å²) < 4.78 is 4.48. The Kier molecular flexibility index (Phi) is 5.63. The Bertz CT molecular complexity index is 320. The number of esters is 1. The molecule has 1 rings (SSSR count). The van der Waals surface area contributed by atoms with Gasteiger partial charge in [-0.15, -0.1) is 0 Å². The van der Waals surface area contributed by atoms with Gasteiger partial charge in [0.1, 0.15) is 0 Å². The third-order valence-corrected chi connectivity index (χ3v) is 2.75. The molecule has 80 valence electrons. The van der Waals surface area contributed by atoms with Crippen molar-refractivity contribution in [2.75, 3.05) is 12.9 Å². The van der Waals surface area contributed by atoms with Crippen LogP contribution in [-0.2, 0) is 15.3 Å². The zero-order chi connectivity index (χ0) is 10.9. The molecule has 0 spiro atoms. The molecular formula is C12H14O2S. The van der Waals surface area contributed by atoms with Crippen molar-refractivity contribution in [1.29, 1.82) is 0 Å². The highest BCUT2D eigenvalue weighted by Crippen LogP contribution is 2.11. The Balaban J connectivity index is 2.17. The van der Waals surface area contributed by atoms with E-state index in [1.807, 2.05) is 24.3 Å². The molecule has 15 heavy (non-hydrogen) atoms. The monoisotopic (exact) mass is 222 g/mol. The zero-order valence-electron chi connectivity index (χ0n) is 8.68. The molecule has 0 unspecified atom stereocenters. The quantitative estimate of drug-likeness (QED) is 0.435. The second kappa shape index (κ2) is 7.12. The first-order valence-electron chi connectivity index (χ1n) is 4.69. The van der Waals surface area contributed by atoms with Crippen LogP contribution in [0.25, 0.3) is 0 Å².